The molecule has 3 heteroatoms. The third-order valence-electron chi connectivity index (χ3n) is 4.48. The van der Waals surface area contributed by atoms with E-state index in [-0.39, 0.29) is 5.54 Å². The lowest BCUT2D eigenvalue weighted by atomic mass is 9.84. The molecule has 2 saturated heterocycles. The number of likely N-dealkylation sites (tertiary alicyclic amines) is 1. The Bertz CT molecular complexity index is 279. The first-order valence-electron chi connectivity index (χ1n) is 7.94. The highest BCUT2D eigenvalue weighted by molar-refractivity contribution is 4.91. The summed E-state index contributed by atoms with van der Waals surface area (Å²) in [4.78, 5) is 2.67. The van der Waals surface area contributed by atoms with Crippen LogP contribution in [-0.4, -0.2) is 49.8 Å². The molecule has 112 valence electrons. The molecule has 0 bridgehead atoms. The maximum atomic E-state index is 5.73. The molecule has 1 N–H and O–H groups in total. The Morgan fingerprint density at radius 3 is 2.74 bits per heavy atom. The predicted molar refractivity (Wildman–Crippen MR) is 80.5 cm³/mol. The molecule has 0 aliphatic carbocycles. The molecular formula is C16H32N2O. The van der Waals surface area contributed by atoms with E-state index in [1.54, 1.807) is 0 Å². The van der Waals surface area contributed by atoms with E-state index in [0.717, 1.165) is 25.7 Å². The van der Waals surface area contributed by atoms with E-state index >= 15 is 0 Å². The number of nitrogens with zero attached hydrogens (tertiary/aromatic N) is 1. The van der Waals surface area contributed by atoms with Crippen molar-refractivity contribution in [3.8, 4) is 0 Å². The van der Waals surface area contributed by atoms with Gasteiger partial charge < -0.3 is 15.0 Å². The van der Waals surface area contributed by atoms with Gasteiger partial charge in [-0.15, -0.1) is 0 Å². The third kappa shape index (κ3) is 4.73. The SMILES string of the molecule is CC1CCCN(CC2(CNC(C)(C)C)CCOC2)C1. The molecular weight excluding hydrogens is 236 g/mol. The Hall–Kier alpha value is -0.120. The van der Waals surface area contributed by atoms with E-state index in [2.05, 4.69) is 37.9 Å². The van der Waals surface area contributed by atoms with Gasteiger partial charge in [0.2, 0.25) is 0 Å². The van der Waals surface area contributed by atoms with Crippen LogP contribution in [0.3, 0.4) is 0 Å². The van der Waals surface area contributed by atoms with Gasteiger partial charge in [0.25, 0.3) is 0 Å². The lowest BCUT2D eigenvalue weighted by Gasteiger charge is -2.39. The van der Waals surface area contributed by atoms with Crippen molar-refractivity contribution in [2.75, 3.05) is 39.4 Å². The second-order valence-electron chi connectivity index (χ2n) is 7.89. The molecule has 2 aliphatic rings. The summed E-state index contributed by atoms with van der Waals surface area (Å²) in [7, 11) is 0. The molecule has 2 unspecified atom stereocenters. The predicted octanol–water partition coefficient (Wildman–Crippen LogP) is 2.51. The van der Waals surface area contributed by atoms with Crippen molar-refractivity contribution in [1.82, 2.24) is 10.2 Å². The van der Waals surface area contributed by atoms with Gasteiger partial charge in [0.15, 0.2) is 0 Å². The number of nitrogens with one attached hydrogen (secondary N) is 1. The van der Waals surface area contributed by atoms with Crippen molar-refractivity contribution in [2.24, 2.45) is 11.3 Å². The highest BCUT2D eigenvalue weighted by Crippen LogP contribution is 2.31. The van der Waals surface area contributed by atoms with Crippen LogP contribution in [-0.2, 0) is 4.74 Å². The van der Waals surface area contributed by atoms with Crippen LogP contribution in [0.4, 0.5) is 0 Å². The largest absolute Gasteiger partial charge is 0.381 e. The van der Waals surface area contributed by atoms with Crippen LogP contribution in [0.2, 0.25) is 0 Å². The normalized spacial score (nSPS) is 33.8. The average molecular weight is 268 g/mol. The molecule has 0 amide bonds. The van der Waals surface area contributed by atoms with E-state index in [4.69, 9.17) is 4.74 Å². The number of hydrogen-bond acceptors (Lipinski definition) is 3. The van der Waals surface area contributed by atoms with Crippen LogP contribution in [0, 0.1) is 11.3 Å². The van der Waals surface area contributed by atoms with Crippen LogP contribution in [0.15, 0.2) is 0 Å². The van der Waals surface area contributed by atoms with Crippen molar-refractivity contribution < 1.29 is 4.74 Å². The monoisotopic (exact) mass is 268 g/mol. The minimum atomic E-state index is 0.199. The number of piperidine rings is 1. The molecule has 2 atom stereocenters. The van der Waals surface area contributed by atoms with E-state index in [1.165, 1.54) is 38.9 Å². The Morgan fingerprint density at radius 2 is 2.16 bits per heavy atom. The van der Waals surface area contributed by atoms with Crippen LogP contribution < -0.4 is 5.32 Å². The molecule has 2 aliphatic heterocycles. The molecule has 0 aromatic carbocycles. The summed E-state index contributed by atoms with van der Waals surface area (Å²) in [5.41, 5.74) is 0.537. The summed E-state index contributed by atoms with van der Waals surface area (Å²) in [6, 6.07) is 0. The quantitative estimate of drug-likeness (QED) is 0.848. The van der Waals surface area contributed by atoms with Gasteiger partial charge in [-0.1, -0.05) is 6.92 Å². The van der Waals surface area contributed by atoms with Gasteiger partial charge in [0, 0.05) is 37.2 Å². The molecule has 0 aromatic rings. The minimum absolute atomic E-state index is 0.199. The molecule has 0 radical (unpaired) electrons. The molecule has 2 rings (SSSR count). The zero-order valence-electron chi connectivity index (χ0n) is 13.3. The second kappa shape index (κ2) is 6.11. The molecule has 19 heavy (non-hydrogen) atoms. The van der Waals surface area contributed by atoms with Crippen LogP contribution in [0.1, 0.15) is 47.0 Å². The number of hydrogen-bond donors (Lipinski definition) is 1. The van der Waals surface area contributed by atoms with Crippen LogP contribution in [0.25, 0.3) is 0 Å². The molecule has 0 aromatic heterocycles. The lowest BCUT2D eigenvalue weighted by Crippen LogP contribution is -2.50. The average Bonchev–Trinajstić information content (AvgIpc) is 2.75. The van der Waals surface area contributed by atoms with Gasteiger partial charge in [-0.25, -0.2) is 0 Å². The Labute approximate surface area is 119 Å². The van der Waals surface area contributed by atoms with Crippen LogP contribution >= 0.6 is 0 Å². The Balaban J connectivity index is 1.91. The molecule has 0 spiro atoms. The van der Waals surface area contributed by atoms with Crippen molar-refractivity contribution in [1.29, 1.82) is 0 Å². The third-order valence-corrected chi connectivity index (χ3v) is 4.48. The van der Waals surface area contributed by atoms with E-state index in [1.807, 2.05) is 0 Å². The first-order valence-corrected chi connectivity index (χ1v) is 7.94. The van der Waals surface area contributed by atoms with E-state index < -0.39 is 0 Å². The smallest absolute Gasteiger partial charge is 0.0547 e. The van der Waals surface area contributed by atoms with Crippen molar-refractivity contribution >= 4 is 0 Å². The maximum absolute atomic E-state index is 5.73. The van der Waals surface area contributed by atoms with Gasteiger partial charge in [-0.2, -0.15) is 0 Å². The fourth-order valence-electron chi connectivity index (χ4n) is 3.33. The minimum Gasteiger partial charge on any atom is -0.381 e. The zero-order valence-corrected chi connectivity index (χ0v) is 13.3. The lowest BCUT2D eigenvalue weighted by molar-refractivity contribution is 0.0812. The fraction of sp³-hybridized carbons (Fsp3) is 1.00. The molecule has 0 saturated carbocycles. The van der Waals surface area contributed by atoms with Gasteiger partial charge in [-0.05, 0) is 52.5 Å². The highest BCUT2D eigenvalue weighted by Gasteiger charge is 2.37. The Kier molecular flexibility index (Phi) is 4.91. The van der Waals surface area contributed by atoms with Crippen molar-refractivity contribution in [3.63, 3.8) is 0 Å². The number of rotatable bonds is 4. The summed E-state index contributed by atoms with van der Waals surface area (Å²) in [5, 5.41) is 3.70. The summed E-state index contributed by atoms with van der Waals surface area (Å²) < 4.78 is 5.73. The van der Waals surface area contributed by atoms with Crippen molar-refractivity contribution in [2.45, 2.75) is 52.5 Å². The first kappa shape index (κ1) is 15.3. The topological polar surface area (TPSA) is 24.5 Å². The fourth-order valence-corrected chi connectivity index (χ4v) is 3.33. The van der Waals surface area contributed by atoms with E-state index in [0.29, 0.717) is 5.41 Å². The van der Waals surface area contributed by atoms with Gasteiger partial charge in [-0.3, -0.25) is 0 Å². The summed E-state index contributed by atoms with van der Waals surface area (Å²) in [5.74, 6) is 0.865. The van der Waals surface area contributed by atoms with Crippen molar-refractivity contribution in [3.05, 3.63) is 0 Å². The first-order chi connectivity index (χ1) is 8.89. The summed E-state index contributed by atoms with van der Waals surface area (Å²) in [6.07, 6.45) is 3.98. The summed E-state index contributed by atoms with van der Waals surface area (Å²) in [6.45, 7) is 15.9. The second-order valence-corrected chi connectivity index (χ2v) is 7.89. The standard InChI is InChI=1S/C16H32N2O/c1-14-6-5-8-18(10-14)12-16(7-9-19-13-16)11-17-15(2,3)4/h14,17H,5-13H2,1-4H3. The van der Waals surface area contributed by atoms with E-state index in [9.17, 15) is 0 Å². The molecule has 3 nitrogen and oxygen atoms in total. The van der Waals surface area contributed by atoms with Gasteiger partial charge in [0.1, 0.15) is 0 Å². The number of ether oxygens (including phenoxy) is 1. The highest BCUT2D eigenvalue weighted by atomic mass is 16.5. The molecule has 2 heterocycles. The molecule has 2 fully saturated rings. The van der Waals surface area contributed by atoms with Gasteiger partial charge in [0.05, 0.1) is 6.61 Å². The maximum Gasteiger partial charge on any atom is 0.0547 e. The van der Waals surface area contributed by atoms with Gasteiger partial charge >= 0.3 is 0 Å². The Morgan fingerprint density at radius 1 is 1.37 bits per heavy atom. The van der Waals surface area contributed by atoms with Crippen LogP contribution in [0.5, 0.6) is 0 Å². The zero-order chi connectivity index (χ0) is 13.9. The summed E-state index contributed by atoms with van der Waals surface area (Å²) >= 11 is 0.